The van der Waals surface area contributed by atoms with E-state index in [1.54, 1.807) is 0 Å². The van der Waals surface area contributed by atoms with Crippen LogP contribution in [-0.4, -0.2) is 36.2 Å². The molecule has 0 aliphatic carbocycles. The molecule has 2 rings (SSSR count). The number of aliphatic hydroxyl groups excluding tert-OH is 1. The van der Waals surface area contributed by atoms with Crippen molar-refractivity contribution in [2.24, 2.45) is 0 Å². The van der Waals surface area contributed by atoms with Crippen LogP contribution in [0.15, 0.2) is 24.3 Å². The standard InChI is InChI=1S/C14H21NO/c16-12-8-14-5-3-13(4-6-14)7-11-15-9-1-2-10-15/h3-6,16H,1-2,7-12H2. The molecule has 1 fully saturated rings. The minimum absolute atomic E-state index is 0.243. The van der Waals surface area contributed by atoms with Crippen LogP contribution in [0.3, 0.4) is 0 Å². The van der Waals surface area contributed by atoms with Crippen LogP contribution in [0.2, 0.25) is 0 Å². The highest BCUT2D eigenvalue weighted by molar-refractivity contribution is 5.22. The summed E-state index contributed by atoms with van der Waals surface area (Å²) in [5.41, 5.74) is 2.64. The lowest BCUT2D eigenvalue weighted by atomic mass is 10.1. The Kier molecular flexibility index (Phi) is 4.37. The first-order valence-electron chi connectivity index (χ1n) is 6.29. The molecule has 0 radical (unpaired) electrons. The van der Waals surface area contributed by atoms with Crippen LogP contribution in [0.25, 0.3) is 0 Å². The smallest absolute Gasteiger partial charge is 0.0471 e. The van der Waals surface area contributed by atoms with E-state index >= 15 is 0 Å². The summed E-state index contributed by atoms with van der Waals surface area (Å²) in [5.74, 6) is 0. The number of hydrogen-bond acceptors (Lipinski definition) is 2. The highest BCUT2D eigenvalue weighted by Gasteiger charge is 2.10. The average molecular weight is 219 g/mol. The van der Waals surface area contributed by atoms with Gasteiger partial charge in [0.2, 0.25) is 0 Å². The van der Waals surface area contributed by atoms with Crippen molar-refractivity contribution >= 4 is 0 Å². The summed E-state index contributed by atoms with van der Waals surface area (Å²) in [7, 11) is 0. The zero-order chi connectivity index (χ0) is 11.2. The fourth-order valence-electron chi connectivity index (χ4n) is 2.30. The molecule has 0 spiro atoms. The number of nitrogens with zero attached hydrogens (tertiary/aromatic N) is 1. The van der Waals surface area contributed by atoms with Crippen LogP contribution in [-0.2, 0) is 12.8 Å². The third-order valence-corrected chi connectivity index (χ3v) is 3.34. The Labute approximate surface area is 97.9 Å². The van der Waals surface area contributed by atoms with Crippen molar-refractivity contribution in [3.8, 4) is 0 Å². The molecule has 1 heterocycles. The third-order valence-electron chi connectivity index (χ3n) is 3.34. The lowest BCUT2D eigenvalue weighted by Crippen LogP contribution is -2.21. The SMILES string of the molecule is OCCc1ccc(CCN2CCCC2)cc1. The van der Waals surface area contributed by atoms with E-state index in [1.165, 1.54) is 43.6 Å². The minimum atomic E-state index is 0.243. The second kappa shape index (κ2) is 6.02. The largest absolute Gasteiger partial charge is 0.396 e. The molecule has 1 saturated heterocycles. The van der Waals surface area contributed by atoms with Gasteiger partial charge in [0, 0.05) is 13.2 Å². The lowest BCUT2D eigenvalue weighted by Gasteiger charge is -2.14. The van der Waals surface area contributed by atoms with Gasteiger partial charge in [0.15, 0.2) is 0 Å². The number of rotatable bonds is 5. The maximum Gasteiger partial charge on any atom is 0.0471 e. The van der Waals surface area contributed by atoms with Crippen LogP contribution in [0.1, 0.15) is 24.0 Å². The Morgan fingerprint density at radius 3 is 2.06 bits per heavy atom. The molecular weight excluding hydrogens is 198 g/mol. The first kappa shape index (κ1) is 11.6. The van der Waals surface area contributed by atoms with Gasteiger partial charge in [-0.2, -0.15) is 0 Å². The Hall–Kier alpha value is -0.860. The molecule has 16 heavy (non-hydrogen) atoms. The van der Waals surface area contributed by atoms with Crippen LogP contribution in [0, 0.1) is 0 Å². The highest BCUT2D eigenvalue weighted by atomic mass is 16.2. The maximum absolute atomic E-state index is 8.83. The minimum Gasteiger partial charge on any atom is -0.396 e. The predicted molar refractivity (Wildman–Crippen MR) is 66.6 cm³/mol. The number of likely N-dealkylation sites (tertiary alicyclic amines) is 1. The van der Waals surface area contributed by atoms with Crippen molar-refractivity contribution in [3.05, 3.63) is 35.4 Å². The van der Waals surface area contributed by atoms with Crippen LogP contribution in [0.5, 0.6) is 0 Å². The fraction of sp³-hybridized carbons (Fsp3) is 0.571. The van der Waals surface area contributed by atoms with Gasteiger partial charge in [0.25, 0.3) is 0 Å². The summed E-state index contributed by atoms with van der Waals surface area (Å²) in [5, 5.41) is 8.83. The molecule has 1 aliphatic rings. The van der Waals surface area contributed by atoms with Crippen molar-refractivity contribution in [1.29, 1.82) is 0 Å². The Bertz CT molecular complexity index is 301. The Balaban J connectivity index is 1.80. The van der Waals surface area contributed by atoms with Gasteiger partial charge in [-0.25, -0.2) is 0 Å². The molecule has 2 heteroatoms. The van der Waals surface area contributed by atoms with Gasteiger partial charge < -0.3 is 10.0 Å². The van der Waals surface area contributed by atoms with Crippen molar-refractivity contribution in [2.45, 2.75) is 25.7 Å². The van der Waals surface area contributed by atoms with Gasteiger partial charge >= 0.3 is 0 Å². The van der Waals surface area contributed by atoms with E-state index in [4.69, 9.17) is 5.11 Å². The third kappa shape index (κ3) is 3.32. The first-order chi connectivity index (χ1) is 7.88. The van der Waals surface area contributed by atoms with Gasteiger partial charge in [-0.3, -0.25) is 0 Å². The van der Waals surface area contributed by atoms with Crippen molar-refractivity contribution in [3.63, 3.8) is 0 Å². The van der Waals surface area contributed by atoms with E-state index in [1.807, 2.05) is 0 Å². The van der Waals surface area contributed by atoms with Crippen LogP contribution in [0.4, 0.5) is 0 Å². The summed E-state index contributed by atoms with van der Waals surface area (Å²) in [6.45, 7) is 4.00. The molecule has 0 amide bonds. The predicted octanol–water partition coefficient (Wildman–Crippen LogP) is 1.86. The van der Waals surface area contributed by atoms with E-state index in [0.717, 1.165) is 12.8 Å². The van der Waals surface area contributed by atoms with Gasteiger partial charge in [0.1, 0.15) is 0 Å². The monoisotopic (exact) mass is 219 g/mol. The van der Waals surface area contributed by atoms with E-state index in [-0.39, 0.29) is 6.61 Å². The molecule has 1 aromatic carbocycles. The Morgan fingerprint density at radius 1 is 0.938 bits per heavy atom. The van der Waals surface area contributed by atoms with E-state index in [2.05, 4.69) is 29.2 Å². The molecule has 0 aromatic heterocycles. The van der Waals surface area contributed by atoms with Gasteiger partial charge in [0.05, 0.1) is 0 Å². The zero-order valence-corrected chi connectivity index (χ0v) is 9.86. The normalized spacial score (nSPS) is 16.8. The molecule has 2 nitrogen and oxygen atoms in total. The quantitative estimate of drug-likeness (QED) is 0.817. The Morgan fingerprint density at radius 2 is 1.50 bits per heavy atom. The molecule has 1 aliphatic heterocycles. The second-order valence-electron chi connectivity index (χ2n) is 4.59. The summed E-state index contributed by atoms with van der Waals surface area (Å²) in [6, 6.07) is 8.66. The number of hydrogen-bond donors (Lipinski definition) is 1. The second-order valence-corrected chi connectivity index (χ2v) is 4.59. The molecule has 1 N–H and O–H groups in total. The van der Waals surface area contributed by atoms with Gasteiger partial charge in [-0.05, 0) is 49.9 Å². The van der Waals surface area contributed by atoms with Crippen molar-refractivity contribution in [2.75, 3.05) is 26.2 Å². The number of aliphatic hydroxyl groups is 1. The topological polar surface area (TPSA) is 23.5 Å². The fourth-order valence-corrected chi connectivity index (χ4v) is 2.30. The molecule has 88 valence electrons. The van der Waals surface area contributed by atoms with E-state index < -0.39 is 0 Å². The maximum atomic E-state index is 8.83. The van der Waals surface area contributed by atoms with E-state index in [9.17, 15) is 0 Å². The zero-order valence-electron chi connectivity index (χ0n) is 9.86. The summed E-state index contributed by atoms with van der Waals surface area (Å²) < 4.78 is 0. The molecule has 0 atom stereocenters. The molecule has 0 saturated carbocycles. The van der Waals surface area contributed by atoms with E-state index in [0.29, 0.717) is 0 Å². The van der Waals surface area contributed by atoms with Crippen molar-refractivity contribution in [1.82, 2.24) is 4.90 Å². The summed E-state index contributed by atoms with van der Waals surface area (Å²) >= 11 is 0. The van der Waals surface area contributed by atoms with Gasteiger partial charge in [-0.1, -0.05) is 24.3 Å². The summed E-state index contributed by atoms with van der Waals surface area (Å²) in [4.78, 5) is 2.54. The van der Waals surface area contributed by atoms with Crippen LogP contribution >= 0.6 is 0 Å². The highest BCUT2D eigenvalue weighted by Crippen LogP contribution is 2.10. The molecule has 1 aromatic rings. The lowest BCUT2D eigenvalue weighted by molar-refractivity contribution is 0.299. The molecule has 0 unspecified atom stereocenters. The summed E-state index contributed by atoms with van der Waals surface area (Å²) in [6.07, 6.45) is 4.66. The average Bonchev–Trinajstić information content (AvgIpc) is 2.82. The molecule has 0 bridgehead atoms. The van der Waals surface area contributed by atoms with Gasteiger partial charge in [-0.15, -0.1) is 0 Å². The van der Waals surface area contributed by atoms with Crippen LogP contribution < -0.4 is 0 Å². The first-order valence-corrected chi connectivity index (χ1v) is 6.29. The number of benzene rings is 1. The van der Waals surface area contributed by atoms with Crippen molar-refractivity contribution < 1.29 is 5.11 Å². The molecular formula is C14H21NO.